The van der Waals surface area contributed by atoms with Gasteiger partial charge in [0.1, 0.15) is 0 Å². The maximum absolute atomic E-state index is 12.5. The maximum atomic E-state index is 12.5. The second-order valence-corrected chi connectivity index (χ2v) is 7.17. The molecule has 2 aromatic carbocycles. The Hall–Kier alpha value is -2.20. The largest absolute Gasteiger partial charge is 0.397 e. The first-order valence-electron chi connectivity index (χ1n) is 8.69. The number of piperidine rings is 1. The van der Waals surface area contributed by atoms with E-state index in [1.54, 1.807) is 24.3 Å². The lowest BCUT2D eigenvalue weighted by Gasteiger charge is -2.36. The first-order chi connectivity index (χ1) is 12.0. The molecule has 2 aromatic rings. The molecule has 0 unspecified atom stereocenters. The van der Waals surface area contributed by atoms with Crippen LogP contribution in [0.4, 0.5) is 17.1 Å². The molecule has 1 atom stereocenters. The van der Waals surface area contributed by atoms with Crippen molar-refractivity contribution in [1.29, 1.82) is 0 Å². The third-order valence-corrected chi connectivity index (χ3v) is 5.05. The Labute approximate surface area is 154 Å². The summed E-state index contributed by atoms with van der Waals surface area (Å²) in [5.74, 6) is -0.212. The molecule has 5 heteroatoms. The number of halogens is 1. The van der Waals surface area contributed by atoms with Gasteiger partial charge in [-0.3, -0.25) is 4.79 Å². The van der Waals surface area contributed by atoms with E-state index < -0.39 is 0 Å². The number of nitrogens with two attached hydrogens (primary N) is 1. The third kappa shape index (κ3) is 3.90. The normalized spacial score (nSPS) is 17.4. The molecule has 4 nitrogen and oxygen atoms in total. The van der Waals surface area contributed by atoms with Gasteiger partial charge in [-0.15, -0.1) is 0 Å². The summed E-state index contributed by atoms with van der Waals surface area (Å²) in [5, 5.41) is 3.46. The number of nitrogens with one attached hydrogen (secondary N) is 1. The van der Waals surface area contributed by atoms with Crippen molar-refractivity contribution in [3.05, 3.63) is 52.5 Å². The Kier molecular flexibility index (Phi) is 5.19. The van der Waals surface area contributed by atoms with E-state index in [0.717, 1.165) is 17.8 Å². The summed E-state index contributed by atoms with van der Waals surface area (Å²) in [7, 11) is 0. The predicted octanol–water partition coefficient (Wildman–Crippen LogP) is 4.86. The fourth-order valence-electron chi connectivity index (χ4n) is 3.42. The molecular formula is C20H24ClN3O. The van der Waals surface area contributed by atoms with Crippen molar-refractivity contribution in [2.75, 3.05) is 22.5 Å². The highest BCUT2D eigenvalue weighted by Gasteiger charge is 2.21. The molecule has 132 valence electrons. The first kappa shape index (κ1) is 17.6. The van der Waals surface area contributed by atoms with E-state index in [4.69, 9.17) is 17.3 Å². The van der Waals surface area contributed by atoms with Gasteiger partial charge in [-0.2, -0.15) is 0 Å². The second kappa shape index (κ2) is 7.36. The fraction of sp³-hybridized carbons (Fsp3) is 0.350. The van der Waals surface area contributed by atoms with Crippen LogP contribution in [0.25, 0.3) is 0 Å². The number of amides is 1. The van der Waals surface area contributed by atoms with Crippen LogP contribution in [0.5, 0.6) is 0 Å². The standard InChI is InChI=1S/C20H24ClN3O/c1-13-10-17(22)18(12-19(13)24-9-4-3-6-14(24)2)23-20(25)15-7-5-8-16(21)11-15/h5,7-8,10-12,14H,3-4,6,9,22H2,1-2H3,(H,23,25)/t14-/m1/s1. The third-order valence-electron chi connectivity index (χ3n) is 4.82. The molecule has 0 radical (unpaired) electrons. The SMILES string of the molecule is Cc1cc(N)c(NC(=O)c2cccc(Cl)c2)cc1N1CCCC[C@H]1C. The smallest absolute Gasteiger partial charge is 0.255 e. The Balaban J connectivity index is 1.88. The number of aryl methyl sites for hydroxylation is 1. The topological polar surface area (TPSA) is 58.4 Å². The highest BCUT2D eigenvalue weighted by molar-refractivity contribution is 6.31. The lowest BCUT2D eigenvalue weighted by molar-refractivity contribution is 0.102. The molecule has 3 N–H and O–H groups in total. The number of hydrogen-bond donors (Lipinski definition) is 2. The molecule has 0 bridgehead atoms. The molecule has 1 heterocycles. The zero-order valence-electron chi connectivity index (χ0n) is 14.7. The van der Waals surface area contributed by atoms with Gasteiger partial charge >= 0.3 is 0 Å². The second-order valence-electron chi connectivity index (χ2n) is 6.73. The summed E-state index contributed by atoms with van der Waals surface area (Å²) in [6, 6.07) is 11.3. The first-order valence-corrected chi connectivity index (χ1v) is 9.07. The van der Waals surface area contributed by atoms with Crippen molar-refractivity contribution < 1.29 is 4.79 Å². The average molecular weight is 358 g/mol. The van der Waals surface area contributed by atoms with E-state index in [0.29, 0.717) is 28.0 Å². The van der Waals surface area contributed by atoms with E-state index in [1.807, 2.05) is 12.1 Å². The minimum absolute atomic E-state index is 0.212. The Morgan fingerprint density at radius 1 is 1.28 bits per heavy atom. The lowest BCUT2D eigenvalue weighted by atomic mass is 10.0. The molecule has 1 aliphatic heterocycles. The Morgan fingerprint density at radius 3 is 2.80 bits per heavy atom. The van der Waals surface area contributed by atoms with Crippen LogP contribution in [-0.2, 0) is 0 Å². The van der Waals surface area contributed by atoms with Gasteiger partial charge < -0.3 is 16.0 Å². The van der Waals surface area contributed by atoms with Crippen LogP contribution in [-0.4, -0.2) is 18.5 Å². The molecule has 1 fully saturated rings. The van der Waals surface area contributed by atoms with E-state index in [2.05, 4.69) is 24.1 Å². The van der Waals surface area contributed by atoms with Crippen LogP contribution >= 0.6 is 11.6 Å². The molecule has 0 spiro atoms. The van der Waals surface area contributed by atoms with Gasteiger partial charge in [0.2, 0.25) is 0 Å². The van der Waals surface area contributed by atoms with Gasteiger partial charge in [-0.05, 0) is 69.0 Å². The minimum Gasteiger partial charge on any atom is -0.397 e. The summed E-state index contributed by atoms with van der Waals surface area (Å²) in [6.45, 7) is 5.35. The summed E-state index contributed by atoms with van der Waals surface area (Å²) in [6.07, 6.45) is 3.65. The molecule has 1 aliphatic rings. The molecule has 1 amide bonds. The quantitative estimate of drug-likeness (QED) is 0.771. The van der Waals surface area contributed by atoms with Crippen molar-refractivity contribution >= 4 is 34.6 Å². The van der Waals surface area contributed by atoms with Gasteiger partial charge in [0, 0.05) is 28.9 Å². The highest BCUT2D eigenvalue weighted by atomic mass is 35.5. The van der Waals surface area contributed by atoms with Crippen molar-refractivity contribution in [3.8, 4) is 0 Å². The molecule has 1 saturated heterocycles. The van der Waals surface area contributed by atoms with Crippen LogP contribution in [0.2, 0.25) is 5.02 Å². The monoisotopic (exact) mass is 357 g/mol. The highest BCUT2D eigenvalue weighted by Crippen LogP contribution is 2.33. The number of anilines is 3. The van der Waals surface area contributed by atoms with Crippen LogP contribution in [0.15, 0.2) is 36.4 Å². The molecular weight excluding hydrogens is 334 g/mol. The van der Waals surface area contributed by atoms with Gasteiger partial charge in [0.25, 0.3) is 5.91 Å². The average Bonchev–Trinajstić information content (AvgIpc) is 2.58. The van der Waals surface area contributed by atoms with E-state index in [-0.39, 0.29) is 5.91 Å². The number of nitrogen functional groups attached to an aromatic ring is 1. The van der Waals surface area contributed by atoms with Gasteiger partial charge in [0.15, 0.2) is 0 Å². The Morgan fingerprint density at radius 2 is 2.08 bits per heavy atom. The van der Waals surface area contributed by atoms with E-state index in [1.165, 1.54) is 19.3 Å². The van der Waals surface area contributed by atoms with E-state index >= 15 is 0 Å². The lowest BCUT2D eigenvalue weighted by Crippen LogP contribution is -2.37. The summed E-state index contributed by atoms with van der Waals surface area (Å²) >= 11 is 5.98. The molecule has 0 aliphatic carbocycles. The number of carbonyl (C=O) groups excluding carboxylic acids is 1. The zero-order valence-corrected chi connectivity index (χ0v) is 15.4. The molecule has 25 heavy (non-hydrogen) atoms. The number of benzene rings is 2. The van der Waals surface area contributed by atoms with Crippen LogP contribution in [0.3, 0.4) is 0 Å². The number of nitrogens with zero attached hydrogens (tertiary/aromatic N) is 1. The maximum Gasteiger partial charge on any atom is 0.255 e. The van der Waals surface area contributed by atoms with Crippen molar-refractivity contribution in [3.63, 3.8) is 0 Å². The van der Waals surface area contributed by atoms with Crippen molar-refractivity contribution in [2.24, 2.45) is 0 Å². The van der Waals surface area contributed by atoms with Crippen molar-refractivity contribution in [2.45, 2.75) is 39.2 Å². The van der Waals surface area contributed by atoms with Crippen molar-refractivity contribution in [1.82, 2.24) is 0 Å². The zero-order chi connectivity index (χ0) is 18.0. The minimum atomic E-state index is -0.212. The van der Waals surface area contributed by atoms with Crippen LogP contribution < -0.4 is 16.0 Å². The molecule has 0 aromatic heterocycles. The fourth-order valence-corrected chi connectivity index (χ4v) is 3.61. The summed E-state index contributed by atoms with van der Waals surface area (Å²) < 4.78 is 0. The molecule has 3 rings (SSSR count). The summed E-state index contributed by atoms with van der Waals surface area (Å²) in [5.41, 5.74) is 10.2. The number of carbonyl (C=O) groups is 1. The number of hydrogen-bond acceptors (Lipinski definition) is 3. The van der Waals surface area contributed by atoms with Gasteiger partial charge in [0.05, 0.1) is 11.4 Å². The predicted molar refractivity (Wildman–Crippen MR) is 106 cm³/mol. The Bertz CT molecular complexity index is 791. The summed E-state index contributed by atoms with van der Waals surface area (Å²) in [4.78, 5) is 14.9. The van der Waals surface area contributed by atoms with Crippen LogP contribution in [0.1, 0.15) is 42.1 Å². The van der Waals surface area contributed by atoms with Crippen LogP contribution in [0, 0.1) is 6.92 Å². The number of rotatable bonds is 3. The van der Waals surface area contributed by atoms with E-state index in [9.17, 15) is 4.79 Å². The van der Waals surface area contributed by atoms with Gasteiger partial charge in [-0.1, -0.05) is 17.7 Å². The molecule has 0 saturated carbocycles. The van der Waals surface area contributed by atoms with Gasteiger partial charge in [-0.25, -0.2) is 0 Å².